The maximum atomic E-state index is 5.82. The summed E-state index contributed by atoms with van der Waals surface area (Å²) in [6.45, 7) is 0.857. The monoisotopic (exact) mass is 444 g/mol. The van der Waals surface area contributed by atoms with Gasteiger partial charge in [-0.3, -0.25) is 4.98 Å². The average Bonchev–Trinajstić information content (AvgIpc) is 3.61. The SMILES string of the molecule is S=C1N[C@H](c2ccccn2)[C@@H](c2cccn2Cc2ccco2)N1c1ccc2c(c1)OCO2. The molecule has 8 heteroatoms. The number of aromatic nitrogens is 2. The Balaban J connectivity index is 1.46. The average molecular weight is 445 g/mol. The number of nitrogens with one attached hydrogen (secondary N) is 1. The molecule has 0 saturated carbocycles. The molecule has 2 aliphatic heterocycles. The third-order valence-electron chi connectivity index (χ3n) is 5.81. The van der Waals surface area contributed by atoms with Crippen molar-refractivity contribution in [3.8, 4) is 11.5 Å². The smallest absolute Gasteiger partial charge is 0.231 e. The Kier molecular flexibility index (Phi) is 4.57. The molecule has 2 aliphatic rings. The highest BCUT2D eigenvalue weighted by Gasteiger charge is 2.42. The Morgan fingerprint density at radius 2 is 1.97 bits per heavy atom. The molecule has 32 heavy (non-hydrogen) atoms. The van der Waals surface area contributed by atoms with Crippen molar-refractivity contribution in [2.24, 2.45) is 0 Å². The summed E-state index contributed by atoms with van der Waals surface area (Å²) in [7, 11) is 0. The molecule has 6 rings (SSSR count). The van der Waals surface area contributed by atoms with Gasteiger partial charge in [0.05, 0.1) is 24.5 Å². The van der Waals surface area contributed by atoms with E-state index >= 15 is 0 Å². The summed E-state index contributed by atoms with van der Waals surface area (Å²) in [5, 5.41) is 4.13. The Bertz CT molecular complexity index is 1260. The van der Waals surface area contributed by atoms with Gasteiger partial charge in [0.15, 0.2) is 16.6 Å². The van der Waals surface area contributed by atoms with Crippen molar-refractivity contribution < 1.29 is 13.9 Å². The molecule has 2 atom stereocenters. The maximum absolute atomic E-state index is 5.82. The summed E-state index contributed by atoms with van der Waals surface area (Å²) in [5.41, 5.74) is 2.96. The van der Waals surface area contributed by atoms with Crippen LogP contribution in [0.4, 0.5) is 5.69 Å². The largest absolute Gasteiger partial charge is 0.467 e. The predicted octanol–water partition coefficient (Wildman–Crippen LogP) is 4.43. The fourth-order valence-corrected chi connectivity index (χ4v) is 4.72. The first-order chi connectivity index (χ1) is 15.8. The van der Waals surface area contributed by atoms with E-state index in [0.29, 0.717) is 11.7 Å². The lowest BCUT2D eigenvalue weighted by atomic mass is 10.0. The molecule has 1 N–H and O–H groups in total. The van der Waals surface area contributed by atoms with Crippen molar-refractivity contribution in [3.63, 3.8) is 0 Å². The summed E-state index contributed by atoms with van der Waals surface area (Å²) in [6, 6.07) is 19.7. The summed E-state index contributed by atoms with van der Waals surface area (Å²) >= 11 is 5.82. The van der Waals surface area contributed by atoms with Crippen LogP contribution in [0.5, 0.6) is 11.5 Å². The van der Waals surface area contributed by atoms with Crippen LogP contribution in [-0.4, -0.2) is 21.5 Å². The quantitative estimate of drug-likeness (QED) is 0.457. The van der Waals surface area contributed by atoms with E-state index in [1.165, 1.54) is 0 Å². The van der Waals surface area contributed by atoms with Crippen LogP contribution >= 0.6 is 12.2 Å². The minimum Gasteiger partial charge on any atom is -0.467 e. The summed E-state index contributed by atoms with van der Waals surface area (Å²) in [4.78, 5) is 6.75. The first kappa shape index (κ1) is 18.9. The normalized spacial score (nSPS) is 19.4. The van der Waals surface area contributed by atoms with Crippen LogP contribution in [0.3, 0.4) is 0 Å². The lowest BCUT2D eigenvalue weighted by Crippen LogP contribution is -2.30. The molecule has 0 bridgehead atoms. The topological polar surface area (TPSA) is 64.7 Å². The number of thiocarbonyl (C=S) groups is 1. The van der Waals surface area contributed by atoms with Crippen LogP contribution in [0.25, 0.3) is 0 Å². The van der Waals surface area contributed by atoms with Gasteiger partial charge in [-0.1, -0.05) is 6.07 Å². The zero-order valence-corrected chi connectivity index (χ0v) is 17.9. The Morgan fingerprint density at radius 3 is 2.81 bits per heavy atom. The minimum atomic E-state index is -0.126. The molecule has 3 aromatic heterocycles. The number of nitrogens with zero attached hydrogens (tertiary/aromatic N) is 3. The van der Waals surface area contributed by atoms with Crippen molar-refractivity contribution >= 4 is 23.0 Å². The molecule has 4 aromatic rings. The fraction of sp³-hybridized carbons (Fsp3) is 0.167. The number of ether oxygens (including phenoxy) is 2. The van der Waals surface area contributed by atoms with E-state index in [4.69, 9.17) is 26.1 Å². The van der Waals surface area contributed by atoms with Gasteiger partial charge in [0.1, 0.15) is 11.8 Å². The number of furan rings is 1. The number of anilines is 1. The van der Waals surface area contributed by atoms with E-state index in [1.54, 1.807) is 6.26 Å². The van der Waals surface area contributed by atoms with Crippen molar-refractivity contribution in [1.82, 2.24) is 14.9 Å². The number of rotatable bonds is 5. The summed E-state index contributed by atoms with van der Waals surface area (Å²) in [6.07, 6.45) is 5.56. The Hall–Kier alpha value is -3.78. The van der Waals surface area contributed by atoms with Gasteiger partial charge in [0.2, 0.25) is 6.79 Å². The minimum absolute atomic E-state index is 0.122. The Labute approximate surface area is 190 Å². The van der Waals surface area contributed by atoms with E-state index in [-0.39, 0.29) is 18.9 Å². The summed E-state index contributed by atoms with van der Waals surface area (Å²) in [5.74, 6) is 2.35. The lowest BCUT2D eigenvalue weighted by Gasteiger charge is -2.29. The second kappa shape index (κ2) is 7.72. The van der Waals surface area contributed by atoms with E-state index < -0.39 is 0 Å². The maximum Gasteiger partial charge on any atom is 0.231 e. The van der Waals surface area contributed by atoms with E-state index in [1.807, 2.05) is 60.8 Å². The van der Waals surface area contributed by atoms with Gasteiger partial charge in [-0.15, -0.1) is 0 Å². The lowest BCUT2D eigenvalue weighted by molar-refractivity contribution is 0.174. The van der Waals surface area contributed by atoms with E-state index in [0.717, 1.165) is 34.3 Å². The molecule has 7 nitrogen and oxygen atoms in total. The highest BCUT2D eigenvalue weighted by Crippen LogP contribution is 2.44. The molecule has 0 amide bonds. The van der Waals surface area contributed by atoms with Crippen LogP contribution in [0, 0.1) is 0 Å². The molecule has 0 aliphatic carbocycles. The molecule has 1 saturated heterocycles. The van der Waals surface area contributed by atoms with Crippen molar-refractivity contribution in [1.29, 1.82) is 0 Å². The van der Waals surface area contributed by atoms with Crippen LogP contribution in [0.2, 0.25) is 0 Å². The van der Waals surface area contributed by atoms with Gasteiger partial charge >= 0.3 is 0 Å². The zero-order valence-electron chi connectivity index (χ0n) is 17.0. The third-order valence-corrected chi connectivity index (χ3v) is 6.12. The molecule has 0 radical (unpaired) electrons. The second-order valence-corrected chi connectivity index (χ2v) is 8.06. The van der Waals surface area contributed by atoms with Crippen LogP contribution < -0.4 is 19.7 Å². The number of fused-ring (bicyclic) bond motifs is 1. The highest BCUT2D eigenvalue weighted by molar-refractivity contribution is 7.80. The van der Waals surface area contributed by atoms with Gasteiger partial charge in [-0.05, 0) is 60.7 Å². The highest BCUT2D eigenvalue weighted by atomic mass is 32.1. The number of hydrogen-bond donors (Lipinski definition) is 1. The van der Waals surface area contributed by atoms with Crippen LogP contribution in [-0.2, 0) is 6.54 Å². The zero-order chi connectivity index (χ0) is 21.5. The molecule has 160 valence electrons. The molecule has 5 heterocycles. The second-order valence-electron chi connectivity index (χ2n) is 7.67. The first-order valence-electron chi connectivity index (χ1n) is 10.4. The van der Waals surface area contributed by atoms with Crippen LogP contribution in [0.1, 0.15) is 29.2 Å². The third kappa shape index (κ3) is 3.20. The van der Waals surface area contributed by atoms with Gasteiger partial charge in [-0.2, -0.15) is 0 Å². The van der Waals surface area contributed by atoms with Gasteiger partial charge < -0.3 is 28.7 Å². The molecule has 0 unspecified atom stereocenters. The molecule has 0 spiro atoms. The molecule has 1 fully saturated rings. The number of pyridine rings is 1. The fourth-order valence-electron chi connectivity index (χ4n) is 4.38. The predicted molar refractivity (Wildman–Crippen MR) is 123 cm³/mol. The molecule has 1 aromatic carbocycles. The van der Waals surface area contributed by atoms with E-state index in [2.05, 4.69) is 32.0 Å². The van der Waals surface area contributed by atoms with Gasteiger partial charge in [0, 0.05) is 29.8 Å². The van der Waals surface area contributed by atoms with Crippen molar-refractivity contribution in [3.05, 3.63) is 96.5 Å². The van der Waals surface area contributed by atoms with Gasteiger partial charge in [0.25, 0.3) is 0 Å². The van der Waals surface area contributed by atoms with Crippen molar-refractivity contribution in [2.45, 2.75) is 18.6 Å². The standard InChI is InChI=1S/C24H20N4O3S/c32-24-26-22(18-6-1-2-10-25-18)23(19-7-3-11-27(19)14-17-5-4-12-29-17)28(24)16-8-9-20-21(13-16)31-15-30-20/h1-13,22-23H,14-15H2,(H,26,32)/t22-,23-/m1/s1. The first-order valence-corrected chi connectivity index (χ1v) is 10.8. The summed E-state index contributed by atoms with van der Waals surface area (Å²) < 4.78 is 18.9. The number of benzene rings is 1. The molecular weight excluding hydrogens is 424 g/mol. The molecular formula is C24H20N4O3S. The van der Waals surface area contributed by atoms with Gasteiger partial charge in [-0.25, -0.2) is 0 Å². The van der Waals surface area contributed by atoms with Crippen LogP contribution in [0.15, 0.2) is 83.7 Å². The number of hydrogen-bond acceptors (Lipinski definition) is 5. The Morgan fingerprint density at radius 1 is 1.03 bits per heavy atom. The van der Waals surface area contributed by atoms with Crippen molar-refractivity contribution in [2.75, 3.05) is 11.7 Å². The van der Waals surface area contributed by atoms with E-state index in [9.17, 15) is 0 Å².